The topological polar surface area (TPSA) is 66.1 Å². The number of benzene rings is 1. The van der Waals surface area contributed by atoms with Crippen LogP contribution >= 0.6 is 24.0 Å². The number of aliphatic imine (C=N–C) groups is 1. The molecule has 1 aliphatic heterocycles. The van der Waals surface area contributed by atoms with Gasteiger partial charge in [-0.2, -0.15) is 0 Å². The number of nitrogens with zero attached hydrogens (tertiary/aromatic N) is 4. The number of guanidine groups is 1. The molecule has 0 amide bonds. The molecule has 1 atom stereocenters. The quantitative estimate of drug-likeness (QED) is 0.315. The summed E-state index contributed by atoms with van der Waals surface area (Å²) in [5, 5.41) is 7.48. The summed E-state index contributed by atoms with van der Waals surface area (Å²) in [4.78, 5) is 9.54. The molecule has 1 N–H and O–H groups in total. The number of methoxy groups -OCH3 is 1. The van der Waals surface area contributed by atoms with Crippen LogP contribution in [0.2, 0.25) is 0 Å². The van der Waals surface area contributed by atoms with E-state index in [1.54, 1.807) is 12.1 Å². The van der Waals surface area contributed by atoms with Crippen LogP contribution in [0, 0.1) is 19.7 Å². The minimum absolute atomic E-state index is 0. The zero-order valence-corrected chi connectivity index (χ0v) is 22.0. The number of ether oxygens (including phenoxy) is 1. The van der Waals surface area contributed by atoms with Gasteiger partial charge >= 0.3 is 0 Å². The molecule has 32 heavy (non-hydrogen) atoms. The van der Waals surface area contributed by atoms with Crippen LogP contribution in [0.15, 0.2) is 27.7 Å². The van der Waals surface area contributed by atoms with Crippen molar-refractivity contribution in [3.05, 3.63) is 46.6 Å². The Balaban J connectivity index is 0.00000363. The highest BCUT2D eigenvalue weighted by Crippen LogP contribution is 2.23. The molecule has 2 heterocycles. The highest BCUT2D eigenvalue weighted by atomic mass is 127. The number of halogens is 2. The Morgan fingerprint density at radius 2 is 2.00 bits per heavy atom. The SMILES string of the molecule is CCNC(=NCC(C)c1c(C)noc1C)N1CCN(Cc2ccc(OC)c(F)c2)CC1.I. The van der Waals surface area contributed by atoms with Crippen molar-refractivity contribution in [3.63, 3.8) is 0 Å². The first-order valence-corrected chi connectivity index (χ1v) is 10.9. The maximum absolute atomic E-state index is 14.0. The first-order valence-electron chi connectivity index (χ1n) is 10.9. The second-order valence-corrected chi connectivity index (χ2v) is 8.07. The molecule has 1 aromatic carbocycles. The van der Waals surface area contributed by atoms with E-state index in [2.05, 4.69) is 34.1 Å². The first-order chi connectivity index (χ1) is 14.9. The van der Waals surface area contributed by atoms with Crippen LogP contribution in [0.5, 0.6) is 5.75 Å². The lowest BCUT2D eigenvalue weighted by Crippen LogP contribution is -2.52. The molecule has 9 heteroatoms. The number of aryl methyl sites for hydroxylation is 2. The molecule has 7 nitrogen and oxygen atoms in total. The predicted octanol–water partition coefficient (Wildman–Crippen LogP) is 3.94. The van der Waals surface area contributed by atoms with E-state index >= 15 is 0 Å². The molecule has 3 rings (SSSR count). The van der Waals surface area contributed by atoms with Gasteiger partial charge in [-0.3, -0.25) is 9.89 Å². The summed E-state index contributed by atoms with van der Waals surface area (Å²) in [6, 6.07) is 5.18. The van der Waals surface area contributed by atoms with Gasteiger partial charge in [-0.05, 0) is 38.5 Å². The van der Waals surface area contributed by atoms with Crippen molar-refractivity contribution in [2.75, 3.05) is 46.4 Å². The van der Waals surface area contributed by atoms with Crippen LogP contribution in [0.25, 0.3) is 0 Å². The van der Waals surface area contributed by atoms with Crippen molar-refractivity contribution >= 4 is 29.9 Å². The Kier molecular flexibility index (Phi) is 10.2. The molecule has 1 saturated heterocycles. The van der Waals surface area contributed by atoms with Gasteiger partial charge in [-0.1, -0.05) is 18.1 Å². The maximum Gasteiger partial charge on any atom is 0.194 e. The van der Waals surface area contributed by atoms with Crippen molar-refractivity contribution in [1.29, 1.82) is 0 Å². The van der Waals surface area contributed by atoms with E-state index in [4.69, 9.17) is 14.3 Å². The average Bonchev–Trinajstić information content (AvgIpc) is 3.10. The zero-order valence-electron chi connectivity index (χ0n) is 19.7. The van der Waals surface area contributed by atoms with E-state index in [9.17, 15) is 4.39 Å². The standard InChI is InChI=1S/C23H34FN5O2.HI/c1-6-25-23(26-14-16(2)22-17(3)27-31-18(22)4)29-11-9-28(10-12-29)15-19-7-8-21(30-5)20(24)13-19;/h7-8,13,16H,6,9-12,14-15H2,1-5H3,(H,25,26);1H. The number of aromatic nitrogens is 1. The van der Waals surface area contributed by atoms with Gasteiger partial charge in [-0.25, -0.2) is 4.39 Å². The highest BCUT2D eigenvalue weighted by Gasteiger charge is 2.21. The third kappa shape index (κ3) is 6.57. The average molecular weight is 559 g/mol. The van der Waals surface area contributed by atoms with E-state index < -0.39 is 0 Å². The normalized spacial score (nSPS) is 15.9. The molecule has 0 saturated carbocycles. The number of hydrogen-bond acceptors (Lipinski definition) is 5. The summed E-state index contributed by atoms with van der Waals surface area (Å²) in [5.41, 5.74) is 3.05. The molecule has 0 radical (unpaired) electrons. The summed E-state index contributed by atoms with van der Waals surface area (Å²) in [5.74, 6) is 2.02. The molecular weight excluding hydrogens is 524 g/mol. The van der Waals surface area contributed by atoms with Crippen molar-refractivity contribution in [2.24, 2.45) is 4.99 Å². The second-order valence-electron chi connectivity index (χ2n) is 8.07. The van der Waals surface area contributed by atoms with Crippen molar-refractivity contribution < 1.29 is 13.7 Å². The summed E-state index contributed by atoms with van der Waals surface area (Å²) in [7, 11) is 1.48. The predicted molar refractivity (Wildman–Crippen MR) is 136 cm³/mol. The molecule has 1 aromatic heterocycles. The van der Waals surface area contributed by atoms with E-state index in [1.807, 2.05) is 19.9 Å². The lowest BCUT2D eigenvalue weighted by Gasteiger charge is -2.36. The van der Waals surface area contributed by atoms with E-state index in [-0.39, 0.29) is 41.5 Å². The number of hydrogen-bond donors (Lipinski definition) is 1. The summed E-state index contributed by atoms with van der Waals surface area (Å²) in [6.07, 6.45) is 0. The maximum atomic E-state index is 14.0. The van der Waals surface area contributed by atoms with E-state index in [1.165, 1.54) is 7.11 Å². The van der Waals surface area contributed by atoms with Crippen LogP contribution in [-0.2, 0) is 6.54 Å². The Hall–Kier alpha value is -1.88. The van der Waals surface area contributed by atoms with Crippen LogP contribution < -0.4 is 10.1 Å². The fraction of sp³-hybridized carbons (Fsp3) is 0.565. The Bertz CT molecular complexity index is 877. The van der Waals surface area contributed by atoms with Gasteiger partial charge in [0.05, 0.1) is 12.8 Å². The Morgan fingerprint density at radius 1 is 1.28 bits per heavy atom. The fourth-order valence-electron chi connectivity index (χ4n) is 4.12. The minimum Gasteiger partial charge on any atom is -0.494 e. The summed E-state index contributed by atoms with van der Waals surface area (Å²) in [6.45, 7) is 14.0. The highest BCUT2D eigenvalue weighted by molar-refractivity contribution is 14.0. The van der Waals surface area contributed by atoms with Crippen molar-refractivity contribution in [1.82, 2.24) is 20.3 Å². The van der Waals surface area contributed by atoms with Crippen molar-refractivity contribution in [3.8, 4) is 5.75 Å². The molecule has 0 bridgehead atoms. The molecule has 178 valence electrons. The van der Waals surface area contributed by atoms with E-state index in [0.29, 0.717) is 6.54 Å². The lowest BCUT2D eigenvalue weighted by molar-refractivity contribution is 0.172. The van der Waals surface area contributed by atoms with Gasteiger partial charge in [0.2, 0.25) is 0 Å². The van der Waals surface area contributed by atoms with Crippen LogP contribution in [0.3, 0.4) is 0 Å². The van der Waals surface area contributed by atoms with Crippen LogP contribution in [0.1, 0.15) is 42.3 Å². The van der Waals surface area contributed by atoms with Crippen LogP contribution in [-0.4, -0.2) is 67.3 Å². The zero-order chi connectivity index (χ0) is 22.4. The van der Waals surface area contributed by atoms with Gasteiger partial charge in [0.1, 0.15) is 5.76 Å². The smallest absolute Gasteiger partial charge is 0.194 e. The molecule has 0 spiro atoms. The number of piperazine rings is 1. The monoisotopic (exact) mass is 559 g/mol. The van der Waals surface area contributed by atoms with Gasteiger partial charge in [0.25, 0.3) is 0 Å². The molecular formula is C23H35FIN5O2. The van der Waals surface area contributed by atoms with Gasteiger partial charge in [-0.15, -0.1) is 24.0 Å². The molecule has 1 aliphatic rings. The second kappa shape index (κ2) is 12.4. The minimum atomic E-state index is -0.312. The summed E-state index contributed by atoms with van der Waals surface area (Å²) >= 11 is 0. The van der Waals surface area contributed by atoms with E-state index in [0.717, 1.165) is 67.8 Å². The number of rotatable bonds is 7. The summed E-state index contributed by atoms with van der Waals surface area (Å²) < 4.78 is 24.3. The third-order valence-corrected chi connectivity index (χ3v) is 5.73. The molecule has 1 fully saturated rings. The van der Waals surface area contributed by atoms with Gasteiger partial charge in [0, 0.05) is 57.3 Å². The first kappa shape index (κ1) is 26.4. The third-order valence-electron chi connectivity index (χ3n) is 5.73. The fourth-order valence-corrected chi connectivity index (χ4v) is 4.12. The molecule has 0 aliphatic carbocycles. The molecule has 2 aromatic rings. The largest absolute Gasteiger partial charge is 0.494 e. The Labute approximate surface area is 207 Å². The lowest BCUT2D eigenvalue weighted by atomic mass is 10.00. The van der Waals surface area contributed by atoms with Crippen molar-refractivity contribution in [2.45, 2.75) is 40.2 Å². The van der Waals surface area contributed by atoms with Crippen LogP contribution in [0.4, 0.5) is 4.39 Å². The molecule has 1 unspecified atom stereocenters. The van der Waals surface area contributed by atoms with Gasteiger partial charge < -0.3 is 19.5 Å². The Morgan fingerprint density at radius 3 is 2.56 bits per heavy atom. The van der Waals surface area contributed by atoms with Gasteiger partial charge in [0.15, 0.2) is 17.5 Å². The number of nitrogens with one attached hydrogen (secondary N) is 1.